The van der Waals surface area contributed by atoms with Gasteiger partial charge in [0, 0.05) is 25.3 Å². The number of nitrogens with one attached hydrogen (secondary N) is 1. The lowest BCUT2D eigenvalue weighted by Crippen LogP contribution is -2.33. The number of unbranched alkanes of at least 4 members (excludes halogenated alkanes) is 1. The Bertz CT molecular complexity index is 397. The molecule has 0 aromatic heterocycles. The van der Waals surface area contributed by atoms with Gasteiger partial charge in [-0.3, -0.25) is 9.59 Å². The summed E-state index contributed by atoms with van der Waals surface area (Å²) in [6, 6.07) is -0.00145. The van der Waals surface area contributed by atoms with Crippen molar-refractivity contribution < 1.29 is 24.9 Å². The van der Waals surface area contributed by atoms with E-state index in [1.807, 2.05) is 13.8 Å². The van der Waals surface area contributed by atoms with E-state index in [1.165, 1.54) is 0 Å². The molecule has 0 aliphatic carbocycles. The maximum atomic E-state index is 11.8. The van der Waals surface area contributed by atoms with Crippen LogP contribution in [-0.4, -0.2) is 39.0 Å². The van der Waals surface area contributed by atoms with Crippen LogP contribution in [0.4, 0.5) is 0 Å². The van der Waals surface area contributed by atoms with Crippen molar-refractivity contribution in [3.8, 4) is 0 Å². The topological polar surface area (TPSA) is 107 Å². The zero-order valence-electron chi connectivity index (χ0n) is 16.3. The molecule has 25 heavy (non-hydrogen) atoms. The quantitative estimate of drug-likeness (QED) is 0.282. The molecule has 0 saturated carbocycles. The van der Waals surface area contributed by atoms with Crippen LogP contribution < -0.4 is 5.32 Å². The lowest BCUT2D eigenvalue weighted by Gasteiger charge is -2.25. The molecule has 6 nitrogen and oxygen atoms in total. The third kappa shape index (κ3) is 12.8. The van der Waals surface area contributed by atoms with Crippen molar-refractivity contribution in [1.82, 2.24) is 5.32 Å². The Morgan fingerprint density at radius 2 is 1.68 bits per heavy atom. The molecular formula is C19H37NO5. The zero-order chi connectivity index (χ0) is 19.5. The predicted molar refractivity (Wildman–Crippen MR) is 98.0 cm³/mol. The molecule has 2 unspecified atom stereocenters. The number of carboxylic acids is 1. The van der Waals surface area contributed by atoms with E-state index >= 15 is 0 Å². The second kappa shape index (κ2) is 12.3. The summed E-state index contributed by atoms with van der Waals surface area (Å²) in [4.78, 5) is 22.5. The van der Waals surface area contributed by atoms with Gasteiger partial charge in [0.25, 0.3) is 0 Å². The Hall–Kier alpha value is -1.14. The third-order valence-electron chi connectivity index (χ3n) is 4.55. The number of hydrogen-bond acceptors (Lipinski definition) is 4. The molecule has 0 aliphatic rings. The van der Waals surface area contributed by atoms with Gasteiger partial charge < -0.3 is 20.6 Å². The lowest BCUT2D eigenvalue weighted by molar-refractivity contribution is -0.178. The van der Waals surface area contributed by atoms with Gasteiger partial charge in [0.05, 0.1) is 5.92 Å². The molecule has 0 aromatic rings. The van der Waals surface area contributed by atoms with Gasteiger partial charge in [0.2, 0.25) is 5.91 Å². The van der Waals surface area contributed by atoms with Crippen molar-refractivity contribution in [3.05, 3.63) is 0 Å². The Balaban J connectivity index is 3.90. The molecule has 148 valence electrons. The van der Waals surface area contributed by atoms with Crippen molar-refractivity contribution in [2.24, 2.45) is 11.8 Å². The number of hydrogen-bond donors (Lipinski definition) is 4. The average Bonchev–Trinajstić information content (AvgIpc) is 2.48. The lowest BCUT2D eigenvalue weighted by atomic mass is 9.93. The van der Waals surface area contributed by atoms with Crippen LogP contribution in [0.25, 0.3) is 0 Å². The van der Waals surface area contributed by atoms with Crippen LogP contribution in [0.5, 0.6) is 0 Å². The number of carbonyl (C=O) groups is 2. The molecule has 3 atom stereocenters. The minimum absolute atomic E-state index is 0.00145. The van der Waals surface area contributed by atoms with E-state index < -0.39 is 17.7 Å². The summed E-state index contributed by atoms with van der Waals surface area (Å²) in [5.41, 5.74) is 0. The standard InChI is InChI=1S/C19H37NO5/c1-5-8-14(2)13-19(24,25)12-7-6-9-16(4)20-17(21)11-10-15(3)18(22)23/h14-16,24-25H,5-13H2,1-4H3,(H,20,21)(H,22,23)/t14?,15-,16?/m0/s1. The van der Waals surface area contributed by atoms with Gasteiger partial charge in [-0.2, -0.15) is 0 Å². The molecule has 6 heteroatoms. The highest BCUT2D eigenvalue weighted by Crippen LogP contribution is 2.23. The monoisotopic (exact) mass is 359 g/mol. The van der Waals surface area contributed by atoms with Crippen LogP contribution in [0.2, 0.25) is 0 Å². The van der Waals surface area contributed by atoms with Crippen molar-refractivity contribution in [2.75, 3.05) is 0 Å². The fraction of sp³-hybridized carbons (Fsp3) is 0.895. The molecule has 0 spiro atoms. The van der Waals surface area contributed by atoms with Crippen LogP contribution in [-0.2, 0) is 9.59 Å². The van der Waals surface area contributed by atoms with Crippen LogP contribution in [0.3, 0.4) is 0 Å². The van der Waals surface area contributed by atoms with Crippen molar-refractivity contribution in [3.63, 3.8) is 0 Å². The molecule has 0 heterocycles. The van der Waals surface area contributed by atoms with Crippen molar-refractivity contribution in [2.45, 2.75) is 97.3 Å². The van der Waals surface area contributed by atoms with E-state index in [4.69, 9.17) is 5.11 Å². The number of aliphatic carboxylic acids is 1. The largest absolute Gasteiger partial charge is 0.481 e. The van der Waals surface area contributed by atoms with E-state index in [2.05, 4.69) is 12.2 Å². The van der Waals surface area contributed by atoms with Gasteiger partial charge in [-0.15, -0.1) is 0 Å². The first-order chi connectivity index (χ1) is 11.6. The first-order valence-electron chi connectivity index (χ1n) is 9.54. The highest BCUT2D eigenvalue weighted by atomic mass is 16.5. The van der Waals surface area contributed by atoms with Gasteiger partial charge >= 0.3 is 5.97 Å². The molecule has 4 N–H and O–H groups in total. The summed E-state index contributed by atoms with van der Waals surface area (Å²) >= 11 is 0. The summed E-state index contributed by atoms with van der Waals surface area (Å²) in [6.45, 7) is 7.63. The van der Waals surface area contributed by atoms with E-state index in [1.54, 1.807) is 6.92 Å². The van der Waals surface area contributed by atoms with Crippen molar-refractivity contribution >= 4 is 11.9 Å². The number of carboxylic acid groups (broad SMARTS) is 1. The van der Waals surface area contributed by atoms with Gasteiger partial charge in [-0.1, -0.05) is 40.0 Å². The molecule has 0 aromatic carbocycles. The average molecular weight is 360 g/mol. The van der Waals surface area contributed by atoms with Gasteiger partial charge in [0.15, 0.2) is 5.79 Å². The Morgan fingerprint density at radius 1 is 1.04 bits per heavy atom. The van der Waals surface area contributed by atoms with Crippen LogP contribution in [0.15, 0.2) is 0 Å². The summed E-state index contributed by atoms with van der Waals surface area (Å²) in [6.07, 6.45) is 5.59. The number of rotatable bonds is 14. The maximum Gasteiger partial charge on any atom is 0.306 e. The first kappa shape index (κ1) is 23.9. The minimum atomic E-state index is -1.60. The fourth-order valence-electron chi connectivity index (χ4n) is 3.00. The molecule has 0 aliphatic heterocycles. The number of carbonyl (C=O) groups excluding carboxylic acids is 1. The highest BCUT2D eigenvalue weighted by molar-refractivity contribution is 5.77. The van der Waals surface area contributed by atoms with Crippen molar-refractivity contribution in [1.29, 1.82) is 0 Å². The van der Waals surface area contributed by atoms with Gasteiger partial charge in [0.1, 0.15) is 0 Å². The molecule has 0 fully saturated rings. The first-order valence-corrected chi connectivity index (χ1v) is 9.54. The van der Waals surface area contributed by atoms with Crippen LogP contribution >= 0.6 is 0 Å². The number of aliphatic hydroxyl groups is 2. The molecule has 0 saturated heterocycles. The molecular weight excluding hydrogens is 322 g/mol. The Kier molecular flexibility index (Phi) is 11.7. The molecule has 1 amide bonds. The predicted octanol–water partition coefficient (Wildman–Crippen LogP) is 3.06. The van der Waals surface area contributed by atoms with E-state index in [0.29, 0.717) is 31.6 Å². The Morgan fingerprint density at radius 3 is 2.24 bits per heavy atom. The van der Waals surface area contributed by atoms with E-state index in [9.17, 15) is 19.8 Å². The summed E-state index contributed by atoms with van der Waals surface area (Å²) in [7, 11) is 0. The van der Waals surface area contributed by atoms with Gasteiger partial charge in [-0.25, -0.2) is 0 Å². The smallest absolute Gasteiger partial charge is 0.306 e. The summed E-state index contributed by atoms with van der Waals surface area (Å²) in [5.74, 6) is -2.84. The molecule has 0 radical (unpaired) electrons. The van der Waals surface area contributed by atoms with E-state index in [0.717, 1.165) is 25.7 Å². The summed E-state index contributed by atoms with van der Waals surface area (Å²) < 4.78 is 0. The fourth-order valence-corrected chi connectivity index (χ4v) is 3.00. The maximum absolute atomic E-state index is 11.8. The second-order valence-electron chi connectivity index (χ2n) is 7.57. The molecule has 0 rings (SSSR count). The third-order valence-corrected chi connectivity index (χ3v) is 4.55. The van der Waals surface area contributed by atoms with Crippen LogP contribution in [0, 0.1) is 11.8 Å². The molecule has 0 bridgehead atoms. The van der Waals surface area contributed by atoms with Gasteiger partial charge in [-0.05, 0) is 32.1 Å². The van der Waals surface area contributed by atoms with E-state index in [-0.39, 0.29) is 18.4 Å². The number of amides is 1. The summed E-state index contributed by atoms with van der Waals surface area (Å²) in [5, 5.41) is 31.7. The zero-order valence-corrected chi connectivity index (χ0v) is 16.3. The van der Waals surface area contributed by atoms with Crippen LogP contribution in [0.1, 0.15) is 85.5 Å². The Labute approximate surface area is 152 Å². The highest BCUT2D eigenvalue weighted by Gasteiger charge is 2.25. The second-order valence-corrected chi connectivity index (χ2v) is 7.57. The normalized spacial score (nSPS) is 15.4. The SMILES string of the molecule is CCCC(C)CC(O)(O)CCCCC(C)NC(=O)CC[C@H](C)C(=O)O. The minimum Gasteiger partial charge on any atom is -0.481 e.